The fourth-order valence-corrected chi connectivity index (χ4v) is 2.61. The van der Waals surface area contributed by atoms with Gasteiger partial charge in [0.05, 0.1) is 6.61 Å². The van der Waals surface area contributed by atoms with E-state index in [4.69, 9.17) is 16.2 Å². The molecule has 1 aromatic carbocycles. The number of nitrogens with two attached hydrogens (primary N) is 2. The van der Waals surface area contributed by atoms with Gasteiger partial charge in [-0.3, -0.25) is 0 Å². The van der Waals surface area contributed by atoms with Gasteiger partial charge in [-0.05, 0) is 61.9 Å². The van der Waals surface area contributed by atoms with Crippen LogP contribution < -0.4 is 16.2 Å². The Morgan fingerprint density at radius 3 is 2.19 bits per heavy atom. The molecular weight excluding hydrogens is 260 g/mol. The maximum atomic E-state index is 5.77. The Morgan fingerprint density at radius 1 is 1.00 bits per heavy atom. The van der Waals surface area contributed by atoms with E-state index in [1.165, 1.54) is 18.4 Å². The van der Waals surface area contributed by atoms with Gasteiger partial charge in [0.15, 0.2) is 0 Å². The molecule has 0 aromatic heterocycles. The van der Waals surface area contributed by atoms with E-state index in [0.717, 1.165) is 31.6 Å². The summed E-state index contributed by atoms with van der Waals surface area (Å²) in [4.78, 5) is 0. The highest BCUT2D eigenvalue weighted by molar-refractivity contribution is 5.29. The third-order valence-electron chi connectivity index (χ3n) is 4.15. The van der Waals surface area contributed by atoms with E-state index in [9.17, 15) is 0 Å². The second-order valence-electron chi connectivity index (χ2n) is 5.80. The van der Waals surface area contributed by atoms with Gasteiger partial charge in [-0.15, -0.1) is 0 Å². The molecule has 0 aliphatic heterocycles. The molecule has 3 heteroatoms. The minimum Gasteiger partial charge on any atom is -0.494 e. The highest BCUT2D eigenvalue weighted by Gasteiger charge is 2.15. The lowest BCUT2D eigenvalue weighted by Crippen LogP contribution is -2.25. The number of unbranched alkanes of at least 4 members (excludes halogenated alkanes) is 2. The van der Waals surface area contributed by atoms with Crippen molar-refractivity contribution in [3.8, 4) is 5.75 Å². The normalized spacial score (nSPS) is 12.6. The molecule has 0 fully saturated rings. The lowest BCUT2D eigenvalue weighted by atomic mass is 9.87. The first kappa shape index (κ1) is 18.0. The van der Waals surface area contributed by atoms with Crippen molar-refractivity contribution in [1.29, 1.82) is 0 Å². The molecule has 120 valence electrons. The molecule has 0 aliphatic rings. The molecule has 21 heavy (non-hydrogen) atoms. The Balaban J connectivity index is 2.53. The average molecular weight is 292 g/mol. The fourth-order valence-electron chi connectivity index (χ4n) is 2.61. The first-order valence-corrected chi connectivity index (χ1v) is 8.37. The number of hydrogen-bond donors (Lipinski definition) is 2. The lowest BCUT2D eigenvalue weighted by Gasteiger charge is -2.21. The fraction of sp³-hybridized carbons (Fsp3) is 0.667. The zero-order valence-electron chi connectivity index (χ0n) is 13.7. The van der Waals surface area contributed by atoms with Crippen molar-refractivity contribution in [1.82, 2.24) is 0 Å². The largest absolute Gasteiger partial charge is 0.494 e. The summed E-state index contributed by atoms with van der Waals surface area (Å²) in [7, 11) is 0. The predicted molar refractivity (Wildman–Crippen MR) is 90.7 cm³/mol. The highest BCUT2D eigenvalue weighted by Crippen LogP contribution is 2.28. The monoisotopic (exact) mass is 292 g/mol. The Bertz CT molecular complexity index is 360. The van der Waals surface area contributed by atoms with Crippen LogP contribution in [0.25, 0.3) is 0 Å². The van der Waals surface area contributed by atoms with Crippen molar-refractivity contribution >= 4 is 0 Å². The third kappa shape index (κ3) is 6.49. The summed E-state index contributed by atoms with van der Waals surface area (Å²) in [6.45, 7) is 6.59. The minimum absolute atomic E-state index is 0.417. The van der Waals surface area contributed by atoms with Gasteiger partial charge >= 0.3 is 0 Å². The van der Waals surface area contributed by atoms with Gasteiger partial charge < -0.3 is 16.2 Å². The van der Waals surface area contributed by atoms with Gasteiger partial charge in [0, 0.05) is 0 Å². The topological polar surface area (TPSA) is 61.3 Å². The molecule has 1 atom stereocenters. The Morgan fingerprint density at radius 2 is 1.67 bits per heavy atom. The summed E-state index contributed by atoms with van der Waals surface area (Å²) in [5.41, 5.74) is 12.9. The predicted octanol–water partition coefficient (Wildman–Crippen LogP) is 3.67. The van der Waals surface area contributed by atoms with E-state index in [1.807, 2.05) is 0 Å². The van der Waals surface area contributed by atoms with E-state index in [1.54, 1.807) is 0 Å². The van der Waals surface area contributed by atoms with Crippen LogP contribution in [0.15, 0.2) is 24.3 Å². The number of benzene rings is 1. The van der Waals surface area contributed by atoms with Gasteiger partial charge in [0.1, 0.15) is 5.75 Å². The quantitative estimate of drug-likeness (QED) is 0.612. The van der Waals surface area contributed by atoms with Crippen LogP contribution in [0.3, 0.4) is 0 Å². The number of rotatable bonds is 11. The van der Waals surface area contributed by atoms with Crippen molar-refractivity contribution in [2.24, 2.45) is 17.4 Å². The van der Waals surface area contributed by atoms with Crippen molar-refractivity contribution in [3.05, 3.63) is 29.8 Å². The molecule has 0 saturated heterocycles. The van der Waals surface area contributed by atoms with Crippen LogP contribution in [-0.2, 0) is 0 Å². The maximum Gasteiger partial charge on any atom is 0.119 e. The molecule has 0 heterocycles. The number of hydrogen-bond acceptors (Lipinski definition) is 3. The summed E-state index contributed by atoms with van der Waals surface area (Å²) in [5, 5.41) is 0. The molecule has 0 radical (unpaired) electrons. The van der Waals surface area contributed by atoms with E-state index in [-0.39, 0.29) is 0 Å². The molecule has 4 N–H and O–H groups in total. The molecule has 0 spiro atoms. The molecule has 1 unspecified atom stereocenters. The average Bonchev–Trinajstić information content (AvgIpc) is 2.54. The number of ether oxygens (including phenoxy) is 1. The molecule has 3 nitrogen and oxygen atoms in total. The third-order valence-corrected chi connectivity index (χ3v) is 4.15. The van der Waals surface area contributed by atoms with Crippen molar-refractivity contribution in [2.45, 2.75) is 51.9 Å². The van der Waals surface area contributed by atoms with E-state index < -0.39 is 0 Å². The van der Waals surface area contributed by atoms with Gasteiger partial charge in [-0.1, -0.05) is 38.8 Å². The van der Waals surface area contributed by atoms with E-state index >= 15 is 0 Å². The summed E-state index contributed by atoms with van der Waals surface area (Å²) in [5.74, 6) is 1.93. The Hall–Kier alpha value is -1.06. The molecule has 0 amide bonds. The second-order valence-corrected chi connectivity index (χ2v) is 5.80. The Labute approximate surface area is 130 Å². The summed E-state index contributed by atoms with van der Waals surface area (Å²) < 4.78 is 5.76. The van der Waals surface area contributed by atoms with E-state index in [0.29, 0.717) is 24.9 Å². The van der Waals surface area contributed by atoms with Crippen LogP contribution in [0.1, 0.15) is 57.4 Å². The first-order chi connectivity index (χ1) is 10.2. The molecule has 1 rings (SSSR count). The molecule has 0 saturated carbocycles. The summed E-state index contributed by atoms with van der Waals surface area (Å²) >= 11 is 0. The molecular formula is C18H32N2O. The van der Waals surface area contributed by atoms with Gasteiger partial charge in [-0.25, -0.2) is 0 Å². The van der Waals surface area contributed by atoms with Crippen LogP contribution in [0.4, 0.5) is 0 Å². The van der Waals surface area contributed by atoms with Gasteiger partial charge in [-0.2, -0.15) is 0 Å². The highest BCUT2D eigenvalue weighted by atomic mass is 16.5. The SMILES string of the molecule is CCCCCOc1ccc(C(CC)CC(CN)CN)cc1. The standard InChI is InChI=1S/C18H32N2O/c1-3-5-6-11-21-18-9-7-17(8-10-18)16(4-2)12-15(13-19)14-20/h7-10,15-16H,3-6,11-14,19-20H2,1-2H3. The zero-order valence-corrected chi connectivity index (χ0v) is 13.7. The van der Waals surface area contributed by atoms with Crippen molar-refractivity contribution in [2.75, 3.05) is 19.7 Å². The van der Waals surface area contributed by atoms with Crippen LogP contribution in [0.2, 0.25) is 0 Å². The lowest BCUT2D eigenvalue weighted by molar-refractivity contribution is 0.306. The van der Waals surface area contributed by atoms with Crippen LogP contribution in [-0.4, -0.2) is 19.7 Å². The smallest absolute Gasteiger partial charge is 0.119 e. The van der Waals surface area contributed by atoms with Gasteiger partial charge in [0.2, 0.25) is 0 Å². The van der Waals surface area contributed by atoms with Crippen LogP contribution in [0.5, 0.6) is 5.75 Å². The molecule has 0 bridgehead atoms. The first-order valence-electron chi connectivity index (χ1n) is 8.37. The van der Waals surface area contributed by atoms with E-state index in [2.05, 4.69) is 38.1 Å². The molecule has 0 aliphatic carbocycles. The summed E-state index contributed by atoms with van der Waals surface area (Å²) in [6, 6.07) is 8.55. The van der Waals surface area contributed by atoms with Crippen molar-refractivity contribution in [3.63, 3.8) is 0 Å². The van der Waals surface area contributed by atoms with Crippen LogP contribution >= 0.6 is 0 Å². The minimum atomic E-state index is 0.417. The maximum absolute atomic E-state index is 5.77. The van der Waals surface area contributed by atoms with Crippen LogP contribution in [0, 0.1) is 5.92 Å². The summed E-state index contributed by atoms with van der Waals surface area (Å²) in [6.07, 6.45) is 5.78. The Kier molecular flexibility index (Phi) is 9.11. The molecule has 1 aromatic rings. The van der Waals surface area contributed by atoms with Gasteiger partial charge in [0.25, 0.3) is 0 Å². The zero-order chi connectivity index (χ0) is 15.5. The second kappa shape index (κ2) is 10.6. The van der Waals surface area contributed by atoms with Crippen molar-refractivity contribution < 1.29 is 4.74 Å².